The van der Waals surface area contributed by atoms with Crippen LogP contribution in [0, 0.1) is 0 Å². The number of para-hydroxylation sites is 1. The molecule has 2 rings (SSSR count). The number of amides is 3. The Morgan fingerprint density at radius 1 is 1.19 bits per heavy atom. The summed E-state index contributed by atoms with van der Waals surface area (Å²) in [5.74, 6) is -2.12. The van der Waals surface area contributed by atoms with E-state index in [-0.39, 0.29) is 5.91 Å². The van der Waals surface area contributed by atoms with Gasteiger partial charge >= 0.3 is 11.8 Å². The molecule has 0 aliphatic carbocycles. The van der Waals surface area contributed by atoms with Crippen LogP contribution in [0.1, 0.15) is 10.4 Å². The maximum atomic E-state index is 12.5. The van der Waals surface area contributed by atoms with Gasteiger partial charge in [-0.1, -0.05) is 12.1 Å². The van der Waals surface area contributed by atoms with Gasteiger partial charge in [-0.2, -0.15) is 0 Å². The van der Waals surface area contributed by atoms with Gasteiger partial charge in [0.2, 0.25) is 0 Å². The molecule has 0 radical (unpaired) electrons. The van der Waals surface area contributed by atoms with E-state index in [0.29, 0.717) is 37.6 Å². The Morgan fingerprint density at radius 3 is 2.43 bits per heavy atom. The highest BCUT2D eigenvalue weighted by Gasteiger charge is 2.25. The first-order valence-corrected chi connectivity index (χ1v) is 6.56. The van der Waals surface area contributed by atoms with Gasteiger partial charge in [0.1, 0.15) is 0 Å². The summed E-state index contributed by atoms with van der Waals surface area (Å²) in [6.07, 6.45) is 0. The largest absolute Gasteiger partial charge is 0.378 e. The second-order valence-corrected chi connectivity index (χ2v) is 4.65. The van der Waals surface area contributed by atoms with Gasteiger partial charge in [-0.3, -0.25) is 14.4 Å². The standard InChI is InChI=1S/C14H17N3O4/c1-16(14(20)12(15)18)11-5-3-2-4-10(11)13(19)17-6-8-21-9-7-17/h2-5H,6-9H2,1H3,(H2,15,18). The van der Waals surface area contributed by atoms with Crippen molar-refractivity contribution in [2.24, 2.45) is 5.73 Å². The van der Waals surface area contributed by atoms with Crippen molar-refractivity contribution in [2.75, 3.05) is 38.3 Å². The fourth-order valence-electron chi connectivity index (χ4n) is 2.16. The number of likely N-dealkylation sites (N-methyl/N-ethyl adjacent to an activating group) is 1. The van der Waals surface area contributed by atoms with Gasteiger partial charge in [0.25, 0.3) is 5.91 Å². The minimum atomic E-state index is -1.06. The molecule has 1 saturated heterocycles. The molecule has 1 aromatic carbocycles. The average molecular weight is 291 g/mol. The Labute approximate surface area is 122 Å². The summed E-state index contributed by atoms with van der Waals surface area (Å²) in [4.78, 5) is 38.0. The molecule has 1 aliphatic rings. The van der Waals surface area contributed by atoms with Gasteiger partial charge in [-0.25, -0.2) is 0 Å². The van der Waals surface area contributed by atoms with Crippen LogP contribution in [0.5, 0.6) is 0 Å². The van der Waals surface area contributed by atoms with Crippen LogP contribution in [0.25, 0.3) is 0 Å². The average Bonchev–Trinajstić information content (AvgIpc) is 2.53. The van der Waals surface area contributed by atoms with Crippen LogP contribution in [-0.2, 0) is 14.3 Å². The zero-order valence-corrected chi connectivity index (χ0v) is 11.7. The number of hydrogen-bond donors (Lipinski definition) is 1. The number of nitrogens with two attached hydrogens (primary N) is 1. The molecule has 112 valence electrons. The van der Waals surface area contributed by atoms with Crippen molar-refractivity contribution in [2.45, 2.75) is 0 Å². The van der Waals surface area contributed by atoms with Crippen LogP contribution in [0.15, 0.2) is 24.3 Å². The van der Waals surface area contributed by atoms with Crippen molar-refractivity contribution in [3.8, 4) is 0 Å². The number of hydrogen-bond acceptors (Lipinski definition) is 4. The maximum absolute atomic E-state index is 12.5. The van der Waals surface area contributed by atoms with Gasteiger partial charge in [0.15, 0.2) is 0 Å². The number of rotatable bonds is 2. The highest BCUT2D eigenvalue weighted by atomic mass is 16.5. The molecular formula is C14H17N3O4. The number of anilines is 1. The summed E-state index contributed by atoms with van der Waals surface area (Å²) in [6.45, 7) is 1.98. The lowest BCUT2D eigenvalue weighted by molar-refractivity contribution is -0.135. The first-order valence-electron chi connectivity index (χ1n) is 6.56. The number of carbonyl (C=O) groups is 3. The van der Waals surface area contributed by atoms with E-state index in [1.54, 1.807) is 29.2 Å². The molecule has 1 aromatic rings. The summed E-state index contributed by atoms with van der Waals surface area (Å²) in [6, 6.07) is 6.63. The van der Waals surface area contributed by atoms with E-state index in [9.17, 15) is 14.4 Å². The molecule has 0 bridgehead atoms. The van der Waals surface area contributed by atoms with E-state index in [1.165, 1.54) is 7.05 Å². The second kappa shape index (κ2) is 6.36. The van der Waals surface area contributed by atoms with Gasteiger partial charge < -0.3 is 20.3 Å². The summed E-state index contributed by atoms with van der Waals surface area (Å²) in [5, 5.41) is 0. The number of carbonyl (C=O) groups excluding carboxylic acids is 3. The fraction of sp³-hybridized carbons (Fsp3) is 0.357. The van der Waals surface area contributed by atoms with E-state index >= 15 is 0 Å². The molecule has 0 atom stereocenters. The zero-order valence-electron chi connectivity index (χ0n) is 11.7. The van der Waals surface area contributed by atoms with Crippen LogP contribution >= 0.6 is 0 Å². The third kappa shape index (κ3) is 3.19. The Balaban J connectivity index is 2.29. The first-order chi connectivity index (χ1) is 10.0. The summed E-state index contributed by atoms with van der Waals surface area (Å²) in [5.41, 5.74) is 5.72. The van der Waals surface area contributed by atoms with Gasteiger partial charge in [0, 0.05) is 20.1 Å². The molecule has 7 nitrogen and oxygen atoms in total. The monoisotopic (exact) mass is 291 g/mol. The smallest absolute Gasteiger partial charge is 0.315 e. The number of primary amides is 1. The van der Waals surface area contributed by atoms with Crippen LogP contribution in [0.3, 0.4) is 0 Å². The number of benzene rings is 1. The topological polar surface area (TPSA) is 92.9 Å². The number of ether oxygens (including phenoxy) is 1. The molecule has 0 unspecified atom stereocenters. The molecule has 1 heterocycles. The normalized spacial score (nSPS) is 14.6. The predicted octanol–water partition coefficient (Wildman–Crippen LogP) is -0.393. The SMILES string of the molecule is CN(C(=O)C(N)=O)c1ccccc1C(=O)N1CCOCC1. The lowest BCUT2D eigenvalue weighted by Crippen LogP contribution is -2.42. The Bertz CT molecular complexity index is 567. The Kier molecular flexibility index (Phi) is 4.54. The van der Waals surface area contributed by atoms with Crippen molar-refractivity contribution in [1.82, 2.24) is 4.90 Å². The maximum Gasteiger partial charge on any atom is 0.315 e. The quantitative estimate of drug-likeness (QED) is 0.751. The number of morpholine rings is 1. The molecule has 1 aliphatic heterocycles. The summed E-state index contributed by atoms with van der Waals surface area (Å²) < 4.78 is 5.21. The van der Waals surface area contributed by atoms with Gasteiger partial charge in [-0.15, -0.1) is 0 Å². The van der Waals surface area contributed by atoms with E-state index in [0.717, 1.165) is 4.90 Å². The first kappa shape index (κ1) is 15.0. The molecule has 1 fully saturated rings. The van der Waals surface area contributed by atoms with Crippen LogP contribution in [-0.4, -0.2) is 56.0 Å². The minimum Gasteiger partial charge on any atom is -0.378 e. The molecule has 2 N–H and O–H groups in total. The van der Waals surface area contributed by atoms with Crippen molar-refractivity contribution < 1.29 is 19.1 Å². The fourth-order valence-corrected chi connectivity index (χ4v) is 2.16. The van der Waals surface area contributed by atoms with E-state index in [1.807, 2.05) is 0 Å². The lowest BCUT2D eigenvalue weighted by Gasteiger charge is -2.28. The molecule has 3 amide bonds. The molecule has 21 heavy (non-hydrogen) atoms. The molecule has 0 saturated carbocycles. The van der Waals surface area contributed by atoms with Gasteiger partial charge in [-0.05, 0) is 12.1 Å². The molecule has 0 spiro atoms. The highest BCUT2D eigenvalue weighted by molar-refractivity contribution is 6.40. The third-order valence-electron chi connectivity index (χ3n) is 3.31. The molecular weight excluding hydrogens is 274 g/mol. The minimum absolute atomic E-state index is 0.196. The zero-order chi connectivity index (χ0) is 15.4. The lowest BCUT2D eigenvalue weighted by atomic mass is 10.1. The van der Waals surface area contributed by atoms with Crippen molar-refractivity contribution in [3.05, 3.63) is 29.8 Å². The Morgan fingerprint density at radius 2 is 1.81 bits per heavy atom. The van der Waals surface area contributed by atoms with Crippen molar-refractivity contribution in [1.29, 1.82) is 0 Å². The Hall–Kier alpha value is -2.41. The van der Waals surface area contributed by atoms with E-state index in [2.05, 4.69) is 0 Å². The number of nitrogens with zero attached hydrogens (tertiary/aromatic N) is 2. The predicted molar refractivity (Wildman–Crippen MR) is 75.8 cm³/mol. The van der Waals surface area contributed by atoms with Crippen LogP contribution in [0.2, 0.25) is 0 Å². The van der Waals surface area contributed by atoms with Crippen LogP contribution < -0.4 is 10.6 Å². The van der Waals surface area contributed by atoms with E-state index < -0.39 is 11.8 Å². The summed E-state index contributed by atoms with van der Waals surface area (Å²) in [7, 11) is 1.42. The van der Waals surface area contributed by atoms with E-state index in [4.69, 9.17) is 10.5 Å². The van der Waals surface area contributed by atoms with Crippen molar-refractivity contribution in [3.63, 3.8) is 0 Å². The van der Waals surface area contributed by atoms with Crippen LogP contribution in [0.4, 0.5) is 5.69 Å². The summed E-state index contributed by atoms with van der Waals surface area (Å²) >= 11 is 0. The molecule has 0 aromatic heterocycles. The second-order valence-electron chi connectivity index (χ2n) is 4.65. The van der Waals surface area contributed by atoms with Gasteiger partial charge in [0.05, 0.1) is 24.5 Å². The molecule has 7 heteroatoms. The highest BCUT2D eigenvalue weighted by Crippen LogP contribution is 2.21. The van der Waals surface area contributed by atoms with Crippen molar-refractivity contribution >= 4 is 23.4 Å². The third-order valence-corrected chi connectivity index (χ3v) is 3.31.